The molecule has 0 radical (unpaired) electrons. The Balaban J connectivity index is 0.000000219. The number of aromatic nitrogens is 5. The summed E-state index contributed by atoms with van der Waals surface area (Å²) in [5.74, 6) is 0. The minimum atomic E-state index is 1.26. The molecule has 5 nitrogen and oxygen atoms in total. The van der Waals surface area contributed by atoms with Crippen molar-refractivity contribution in [2.24, 2.45) is 0 Å². The first kappa shape index (κ1) is 28.8. The van der Waals surface area contributed by atoms with Crippen molar-refractivity contribution >= 4 is 0 Å². The van der Waals surface area contributed by atoms with Gasteiger partial charge in [0.25, 0.3) is 0 Å². The maximum Gasteiger partial charge on any atom is 0.0270 e. The van der Waals surface area contributed by atoms with Gasteiger partial charge in [0.2, 0.25) is 0 Å². The van der Waals surface area contributed by atoms with E-state index >= 15 is 0 Å². The maximum absolute atomic E-state index is 3.85. The lowest BCUT2D eigenvalue weighted by atomic mass is 10.3. The lowest BCUT2D eigenvalue weighted by molar-refractivity contribution is 1.29. The number of aryl methyl sites for hydroxylation is 5. The first-order chi connectivity index (χ1) is 17.0. The van der Waals surface area contributed by atoms with Gasteiger partial charge in [-0.25, -0.2) is 0 Å². The first-order valence-electron chi connectivity index (χ1n) is 11.3. The highest BCUT2D eigenvalue weighted by atomic mass is 14.6. The van der Waals surface area contributed by atoms with E-state index in [1.54, 1.807) is 62.0 Å². The average molecular weight is 466 g/mol. The Hall–Kier alpha value is -4.25. The summed E-state index contributed by atoms with van der Waals surface area (Å²) in [5, 5.41) is 0. The minimum Gasteiger partial charge on any atom is -0.265 e. The van der Waals surface area contributed by atoms with Crippen LogP contribution in [0.5, 0.6) is 0 Å². The summed E-state index contributed by atoms with van der Waals surface area (Å²) < 4.78 is 0. The quantitative estimate of drug-likeness (QED) is 0.248. The zero-order chi connectivity index (χ0) is 25.6. The molecule has 0 spiro atoms. The predicted octanol–water partition coefficient (Wildman–Crippen LogP) is 6.95. The molecule has 0 atom stereocenters. The van der Waals surface area contributed by atoms with Crippen LogP contribution in [0, 0.1) is 34.6 Å². The van der Waals surface area contributed by atoms with Crippen molar-refractivity contribution in [3.63, 3.8) is 0 Å². The molecule has 0 aliphatic heterocycles. The van der Waals surface area contributed by atoms with E-state index in [2.05, 4.69) is 24.9 Å². The van der Waals surface area contributed by atoms with Crippen LogP contribution in [0.4, 0.5) is 0 Å². The monoisotopic (exact) mass is 465 g/mol. The number of pyridine rings is 5. The number of nitrogens with zero attached hydrogens (tertiary/aromatic N) is 5. The molecule has 0 bridgehead atoms. The smallest absolute Gasteiger partial charge is 0.0270 e. The normalized spacial score (nSPS) is 8.71. The third kappa shape index (κ3) is 17.9. The van der Waals surface area contributed by atoms with Crippen LogP contribution in [-0.4, -0.2) is 24.9 Å². The van der Waals surface area contributed by atoms with Crippen molar-refractivity contribution < 1.29 is 0 Å². The van der Waals surface area contributed by atoms with Crippen LogP contribution >= 0.6 is 0 Å². The Morgan fingerprint density at radius 3 is 0.429 bits per heavy atom. The van der Waals surface area contributed by atoms with E-state index in [4.69, 9.17) is 0 Å². The largest absolute Gasteiger partial charge is 0.265 e. The van der Waals surface area contributed by atoms with E-state index in [0.717, 1.165) is 0 Å². The van der Waals surface area contributed by atoms with Gasteiger partial charge in [-0.3, -0.25) is 24.9 Å². The summed E-state index contributed by atoms with van der Waals surface area (Å²) in [4.78, 5) is 19.2. The Kier molecular flexibility index (Phi) is 15.8. The van der Waals surface area contributed by atoms with Gasteiger partial charge in [0.1, 0.15) is 0 Å². The standard InChI is InChI=1S/5C6H7N/c5*1-6-2-4-7-5-3-6/h5*2-5H,1H3. The predicted molar refractivity (Wildman–Crippen MR) is 145 cm³/mol. The third-order valence-corrected chi connectivity index (χ3v) is 4.23. The molecule has 0 unspecified atom stereocenters. The van der Waals surface area contributed by atoms with E-state index in [9.17, 15) is 0 Å². The SMILES string of the molecule is Cc1ccncc1.Cc1ccncc1.Cc1ccncc1.Cc1ccncc1.Cc1ccncc1. The van der Waals surface area contributed by atoms with Crippen LogP contribution in [0.3, 0.4) is 0 Å². The van der Waals surface area contributed by atoms with Crippen LogP contribution in [0.1, 0.15) is 27.8 Å². The van der Waals surface area contributed by atoms with Crippen molar-refractivity contribution in [2.45, 2.75) is 34.6 Å². The molecule has 5 heteroatoms. The molecular weight excluding hydrogens is 430 g/mol. The van der Waals surface area contributed by atoms with E-state index in [1.165, 1.54) is 27.8 Å². The lowest BCUT2D eigenvalue weighted by Gasteiger charge is -1.82. The van der Waals surface area contributed by atoms with Gasteiger partial charge < -0.3 is 0 Å². The first-order valence-corrected chi connectivity index (χ1v) is 11.3. The Morgan fingerprint density at radius 1 is 0.257 bits per heavy atom. The average Bonchev–Trinajstić information content (AvgIpc) is 2.88. The second-order valence-corrected chi connectivity index (χ2v) is 7.62. The topological polar surface area (TPSA) is 64.5 Å². The highest BCUT2D eigenvalue weighted by Gasteiger charge is 1.75. The second-order valence-electron chi connectivity index (χ2n) is 7.62. The summed E-state index contributed by atoms with van der Waals surface area (Å²) in [6.07, 6.45) is 17.9. The summed E-state index contributed by atoms with van der Waals surface area (Å²) >= 11 is 0. The third-order valence-electron chi connectivity index (χ3n) is 4.23. The van der Waals surface area contributed by atoms with Crippen LogP contribution in [-0.2, 0) is 0 Å². The van der Waals surface area contributed by atoms with E-state index in [-0.39, 0.29) is 0 Å². The van der Waals surface area contributed by atoms with Gasteiger partial charge in [-0.05, 0) is 123 Å². The molecule has 0 aliphatic rings. The highest BCUT2D eigenvalue weighted by molar-refractivity contribution is 5.08. The van der Waals surface area contributed by atoms with Crippen LogP contribution in [0.25, 0.3) is 0 Å². The van der Waals surface area contributed by atoms with Gasteiger partial charge in [0.05, 0.1) is 0 Å². The fourth-order valence-corrected chi connectivity index (χ4v) is 2.13. The van der Waals surface area contributed by atoms with Gasteiger partial charge in [-0.1, -0.05) is 0 Å². The Bertz CT molecular complexity index is 888. The molecule has 180 valence electrons. The summed E-state index contributed by atoms with van der Waals surface area (Å²) in [5.41, 5.74) is 6.30. The van der Waals surface area contributed by atoms with Crippen LogP contribution in [0.15, 0.2) is 123 Å². The van der Waals surface area contributed by atoms with Crippen molar-refractivity contribution in [3.05, 3.63) is 150 Å². The Labute approximate surface area is 210 Å². The molecule has 5 heterocycles. The molecule has 0 saturated heterocycles. The molecule has 5 aromatic rings. The van der Waals surface area contributed by atoms with Crippen molar-refractivity contribution in [3.8, 4) is 0 Å². The van der Waals surface area contributed by atoms with Gasteiger partial charge in [0.15, 0.2) is 0 Å². The summed E-state index contributed by atoms with van der Waals surface area (Å²) in [6, 6.07) is 19.7. The van der Waals surface area contributed by atoms with E-state index in [1.807, 2.05) is 95.3 Å². The van der Waals surface area contributed by atoms with Gasteiger partial charge in [-0.15, -0.1) is 0 Å². The zero-order valence-corrected chi connectivity index (χ0v) is 21.3. The molecule has 5 rings (SSSR count). The van der Waals surface area contributed by atoms with Crippen LogP contribution < -0.4 is 0 Å². The molecule has 0 fully saturated rings. The number of hydrogen-bond acceptors (Lipinski definition) is 5. The highest BCUT2D eigenvalue weighted by Crippen LogP contribution is 1.91. The molecule has 0 aromatic carbocycles. The van der Waals surface area contributed by atoms with Crippen molar-refractivity contribution in [1.82, 2.24) is 24.9 Å². The van der Waals surface area contributed by atoms with E-state index < -0.39 is 0 Å². The molecule has 5 aromatic heterocycles. The van der Waals surface area contributed by atoms with Gasteiger partial charge in [0, 0.05) is 62.0 Å². The summed E-state index contributed by atoms with van der Waals surface area (Å²) in [7, 11) is 0. The molecule has 0 saturated carbocycles. The second kappa shape index (κ2) is 19.2. The minimum absolute atomic E-state index is 1.26. The summed E-state index contributed by atoms with van der Waals surface area (Å²) in [6.45, 7) is 10.2. The van der Waals surface area contributed by atoms with Gasteiger partial charge >= 0.3 is 0 Å². The fraction of sp³-hybridized carbons (Fsp3) is 0.167. The van der Waals surface area contributed by atoms with E-state index in [0.29, 0.717) is 0 Å². The van der Waals surface area contributed by atoms with Crippen LogP contribution in [0.2, 0.25) is 0 Å². The lowest BCUT2D eigenvalue weighted by Crippen LogP contribution is -1.68. The molecule has 0 N–H and O–H groups in total. The van der Waals surface area contributed by atoms with Crippen molar-refractivity contribution in [1.29, 1.82) is 0 Å². The zero-order valence-electron chi connectivity index (χ0n) is 21.3. The van der Waals surface area contributed by atoms with Crippen molar-refractivity contribution in [2.75, 3.05) is 0 Å². The Morgan fingerprint density at radius 2 is 0.371 bits per heavy atom. The molecule has 35 heavy (non-hydrogen) atoms. The number of rotatable bonds is 0. The van der Waals surface area contributed by atoms with Gasteiger partial charge in [-0.2, -0.15) is 0 Å². The fourth-order valence-electron chi connectivity index (χ4n) is 2.13. The number of hydrogen-bond donors (Lipinski definition) is 0. The maximum atomic E-state index is 3.85. The molecular formula is C30H35N5. The molecule has 0 amide bonds. The molecule has 0 aliphatic carbocycles.